The Kier molecular flexibility index (Phi) is 4.59. The van der Waals surface area contributed by atoms with E-state index in [0.29, 0.717) is 5.39 Å². The van der Waals surface area contributed by atoms with Gasteiger partial charge in [0, 0.05) is 10.8 Å². The standard InChI is InChI=1S/C18H11FN2O5/c19-10-5-7-11(8-6-10)26-17-13-4-2-1-3-12(13)16(23)14(21-17)15(18(24)25)20-9-22/h1-8,15,23H,(H,24,25). The summed E-state index contributed by atoms with van der Waals surface area (Å²) in [4.78, 5) is 29.2. The molecule has 1 atom stereocenters. The second-order valence-corrected chi connectivity index (χ2v) is 5.21. The van der Waals surface area contributed by atoms with E-state index in [4.69, 9.17) is 4.74 Å². The van der Waals surface area contributed by atoms with Gasteiger partial charge in [-0.05, 0) is 30.3 Å². The van der Waals surface area contributed by atoms with Gasteiger partial charge < -0.3 is 14.9 Å². The number of aromatic hydroxyl groups is 1. The highest BCUT2D eigenvalue weighted by molar-refractivity contribution is 5.94. The number of halogens is 1. The van der Waals surface area contributed by atoms with Crippen molar-refractivity contribution in [3.8, 4) is 17.4 Å². The van der Waals surface area contributed by atoms with Crippen LogP contribution in [-0.4, -0.2) is 27.2 Å². The molecule has 0 saturated carbocycles. The highest BCUT2D eigenvalue weighted by Gasteiger charge is 2.27. The number of benzene rings is 2. The van der Waals surface area contributed by atoms with Crippen LogP contribution in [0.2, 0.25) is 0 Å². The predicted octanol–water partition coefficient (Wildman–Crippen LogP) is 3.33. The maximum absolute atomic E-state index is 13.1. The van der Waals surface area contributed by atoms with E-state index in [1.807, 2.05) is 0 Å². The monoisotopic (exact) mass is 354 g/mol. The van der Waals surface area contributed by atoms with Crippen LogP contribution < -0.4 is 4.74 Å². The smallest absolute Gasteiger partial charge is 0.335 e. The topological polar surface area (TPSA) is 109 Å². The van der Waals surface area contributed by atoms with Crippen molar-refractivity contribution < 1.29 is 28.9 Å². The molecule has 1 heterocycles. The minimum absolute atomic E-state index is 0.0210. The number of aromatic nitrogens is 1. The summed E-state index contributed by atoms with van der Waals surface area (Å²) < 4.78 is 18.7. The summed E-state index contributed by atoms with van der Waals surface area (Å²) in [6.45, 7) is 0. The van der Waals surface area contributed by atoms with Crippen LogP contribution in [0.3, 0.4) is 0 Å². The van der Waals surface area contributed by atoms with E-state index in [9.17, 15) is 24.2 Å². The molecular formula is C18H11FN2O5. The van der Waals surface area contributed by atoms with Crippen molar-refractivity contribution in [2.45, 2.75) is 6.04 Å². The fourth-order valence-electron chi connectivity index (χ4n) is 2.41. The molecule has 0 aliphatic rings. The van der Waals surface area contributed by atoms with Gasteiger partial charge >= 0.3 is 5.97 Å². The first-order valence-corrected chi connectivity index (χ1v) is 7.36. The molecule has 8 heteroatoms. The van der Waals surface area contributed by atoms with E-state index in [1.54, 1.807) is 18.2 Å². The number of rotatable bonds is 5. The minimum Gasteiger partial charge on any atom is -0.505 e. The lowest BCUT2D eigenvalue weighted by Crippen LogP contribution is -2.12. The number of aliphatic imine (C=N–C) groups is 1. The molecule has 0 saturated heterocycles. The van der Waals surface area contributed by atoms with Crippen LogP contribution in [0, 0.1) is 5.82 Å². The number of carbonyl (C=O) groups excluding carboxylic acids is 1. The van der Waals surface area contributed by atoms with Crippen LogP contribution in [0.4, 0.5) is 4.39 Å². The van der Waals surface area contributed by atoms with Gasteiger partial charge in [0.15, 0.2) is 0 Å². The average molecular weight is 354 g/mol. The molecule has 7 nitrogen and oxygen atoms in total. The minimum atomic E-state index is -1.74. The highest BCUT2D eigenvalue weighted by atomic mass is 19.1. The largest absolute Gasteiger partial charge is 0.505 e. The van der Waals surface area contributed by atoms with Crippen LogP contribution >= 0.6 is 0 Å². The molecular weight excluding hydrogens is 343 g/mol. The summed E-state index contributed by atoms with van der Waals surface area (Å²) in [5, 5.41) is 20.3. The lowest BCUT2D eigenvalue weighted by atomic mass is 10.1. The summed E-state index contributed by atoms with van der Waals surface area (Å²) in [5.74, 6) is -2.13. The van der Waals surface area contributed by atoms with Gasteiger partial charge in [-0.1, -0.05) is 18.2 Å². The maximum Gasteiger partial charge on any atom is 0.335 e. The van der Waals surface area contributed by atoms with E-state index in [-0.39, 0.29) is 22.7 Å². The number of ether oxygens (including phenoxy) is 1. The van der Waals surface area contributed by atoms with E-state index in [2.05, 4.69) is 9.98 Å². The zero-order valence-electron chi connectivity index (χ0n) is 13.1. The number of fused-ring (bicyclic) bond motifs is 1. The van der Waals surface area contributed by atoms with E-state index >= 15 is 0 Å². The van der Waals surface area contributed by atoms with Gasteiger partial charge in [-0.3, -0.25) is 0 Å². The number of carboxylic acids is 1. The van der Waals surface area contributed by atoms with Crippen LogP contribution in [-0.2, 0) is 9.59 Å². The number of carbonyl (C=O) groups is 1. The Hall–Kier alpha value is -3.77. The summed E-state index contributed by atoms with van der Waals surface area (Å²) in [6.07, 6.45) is 1.16. The predicted molar refractivity (Wildman–Crippen MR) is 88.4 cm³/mol. The van der Waals surface area contributed by atoms with Crippen molar-refractivity contribution in [3.63, 3.8) is 0 Å². The number of carboxylic acid groups (broad SMARTS) is 1. The number of pyridine rings is 1. The van der Waals surface area contributed by atoms with E-state index in [1.165, 1.54) is 30.3 Å². The Morgan fingerprint density at radius 2 is 1.81 bits per heavy atom. The van der Waals surface area contributed by atoms with Crippen LogP contribution in [0.25, 0.3) is 10.8 Å². The lowest BCUT2D eigenvalue weighted by molar-refractivity contribution is -0.138. The Bertz CT molecular complexity index is 1030. The summed E-state index contributed by atoms with van der Waals surface area (Å²) in [6, 6.07) is 9.84. The summed E-state index contributed by atoms with van der Waals surface area (Å²) >= 11 is 0. The van der Waals surface area contributed by atoms with Crippen molar-refractivity contribution in [1.29, 1.82) is 0 Å². The van der Waals surface area contributed by atoms with E-state index < -0.39 is 23.6 Å². The van der Waals surface area contributed by atoms with Crippen molar-refractivity contribution in [3.05, 3.63) is 60.0 Å². The molecule has 130 valence electrons. The normalized spacial score (nSPS) is 11.6. The van der Waals surface area contributed by atoms with Crippen molar-refractivity contribution in [2.75, 3.05) is 0 Å². The quantitative estimate of drug-likeness (QED) is 0.537. The molecule has 1 unspecified atom stereocenters. The Morgan fingerprint density at radius 3 is 2.42 bits per heavy atom. The van der Waals surface area contributed by atoms with Gasteiger partial charge in [0.25, 0.3) is 0 Å². The van der Waals surface area contributed by atoms with Crippen LogP contribution in [0.5, 0.6) is 17.4 Å². The molecule has 3 aromatic rings. The van der Waals surface area contributed by atoms with E-state index in [0.717, 1.165) is 6.08 Å². The SMILES string of the molecule is O=C=NC(C(=O)O)c1nc(Oc2ccc(F)cc2)c2ccccc2c1O. The fourth-order valence-corrected chi connectivity index (χ4v) is 2.41. The second-order valence-electron chi connectivity index (χ2n) is 5.21. The first-order chi connectivity index (χ1) is 12.5. The number of hydrogen-bond donors (Lipinski definition) is 2. The summed E-state index contributed by atoms with van der Waals surface area (Å²) in [7, 11) is 0. The third kappa shape index (κ3) is 3.22. The first kappa shape index (κ1) is 17.1. The molecule has 0 radical (unpaired) electrons. The molecule has 2 aromatic carbocycles. The molecule has 1 aromatic heterocycles. The highest BCUT2D eigenvalue weighted by Crippen LogP contribution is 2.38. The Balaban J connectivity index is 2.21. The molecule has 3 rings (SSSR count). The molecule has 0 fully saturated rings. The molecule has 0 aliphatic heterocycles. The average Bonchev–Trinajstić information content (AvgIpc) is 2.64. The maximum atomic E-state index is 13.1. The molecule has 0 spiro atoms. The third-order valence-corrected chi connectivity index (χ3v) is 3.58. The van der Waals surface area contributed by atoms with Crippen molar-refractivity contribution >= 4 is 22.8 Å². The van der Waals surface area contributed by atoms with Gasteiger partial charge in [0.2, 0.25) is 18.0 Å². The van der Waals surface area contributed by atoms with Crippen LogP contribution in [0.15, 0.2) is 53.5 Å². The summed E-state index contributed by atoms with van der Waals surface area (Å²) in [5.41, 5.74) is -0.364. The lowest BCUT2D eigenvalue weighted by Gasteiger charge is -2.14. The van der Waals surface area contributed by atoms with Crippen LogP contribution in [0.1, 0.15) is 11.7 Å². The van der Waals surface area contributed by atoms with Gasteiger partial charge in [-0.15, -0.1) is 0 Å². The number of aliphatic carboxylic acids is 1. The van der Waals surface area contributed by atoms with Gasteiger partial charge in [0.1, 0.15) is 23.0 Å². The molecule has 2 N–H and O–H groups in total. The zero-order valence-corrected chi connectivity index (χ0v) is 13.1. The fraction of sp³-hybridized carbons (Fsp3) is 0.0556. The molecule has 0 amide bonds. The first-order valence-electron chi connectivity index (χ1n) is 7.36. The van der Waals surface area contributed by atoms with Gasteiger partial charge in [0.05, 0.1) is 0 Å². The number of hydrogen-bond acceptors (Lipinski definition) is 6. The van der Waals surface area contributed by atoms with Crippen molar-refractivity contribution in [1.82, 2.24) is 4.98 Å². The van der Waals surface area contributed by atoms with Gasteiger partial charge in [-0.25, -0.2) is 19.0 Å². The molecule has 26 heavy (non-hydrogen) atoms. The second kappa shape index (κ2) is 7.00. The number of nitrogens with zero attached hydrogens (tertiary/aromatic N) is 2. The van der Waals surface area contributed by atoms with Crippen molar-refractivity contribution in [2.24, 2.45) is 4.99 Å². The molecule has 0 bridgehead atoms. The number of isocyanates is 1. The molecule has 0 aliphatic carbocycles. The zero-order chi connectivity index (χ0) is 18.7. The Morgan fingerprint density at radius 1 is 1.15 bits per heavy atom. The third-order valence-electron chi connectivity index (χ3n) is 3.58. The Labute approximate surface area is 146 Å². The van der Waals surface area contributed by atoms with Gasteiger partial charge in [-0.2, -0.15) is 4.99 Å².